The molecular formula is C13H21N. The van der Waals surface area contributed by atoms with Crippen LogP contribution >= 0.6 is 0 Å². The van der Waals surface area contributed by atoms with E-state index in [0.29, 0.717) is 6.04 Å². The molecule has 1 aromatic rings. The van der Waals surface area contributed by atoms with Gasteiger partial charge in [-0.15, -0.1) is 0 Å². The van der Waals surface area contributed by atoms with E-state index in [1.165, 1.54) is 12.0 Å². The maximum Gasteiger partial charge on any atom is 0.0344 e. The second-order valence-corrected chi connectivity index (χ2v) is 4.52. The zero-order chi connectivity index (χ0) is 10.6. The maximum absolute atomic E-state index is 2.30. The van der Waals surface area contributed by atoms with E-state index in [0.717, 1.165) is 5.92 Å². The van der Waals surface area contributed by atoms with Crippen LogP contribution in [0.2, 0.25) is 0 Å². The minimum absolute atomic E-state index is 0.552. The predicted molar refractivity (Wildman–Crippen MR) is 62.3 cm³/mol. The summed E-state index contributed by atoms with van der Waals surface area (Å²) in [7, 11) is 4.31. The standard InChI is InChI=1S/C13H21N/c1-11(2)10-13(14(3)4)12-8-6-5-7-9-12/h5-9,11,13H,10H2,1-4H3/t13-/m0/s1. The monoisotopic (exact) mass is 191 g/mol. The molecule has 0 fully saturated rings. The number of rotatable bonds is 4. The highest BCUT2D eigenvalue weighted by molar-refractivity contribution is 5.18. The quantitative estimate of drug-likeness (QED) is 0.705. The van der Waals surface area contributed by atoms with Gasteiger partial charge in [0.25, 0.3) is 0 Å². The molecular weight excluding hydrogens is 170 g/mol. The van der Waals surface area contributed by atoms with Crippen molar-refractivity contribution in [3.05, 3.63) is 35.9 Å². The molecule has 1 atom stereocenters. The van der Waals surface area contributed by atoms with E-state index < -0.39 is 0 Å². The minimum Gasteiger partial charge on any atom is -0.302 e. The fourth-order valence-corrected chi connectivity index (χ4v) is 1.77. The molecule has 0 aliphatic rings. The molecule has 1 nitrogen and oxygen atoms in total. The zero-order valence-corrected chi connectivity index (χ0v) is 9.70. The SMILES string of the molecule is CC(C)C[C@@H](c1ccccc1)N(C)C. The Kier molecular flexibility index (Phi) is 4.15. The van der Waals surface area contributed by atoms with E-state index in [1.54, 1.807) is 0 Å². The molecule has 0 aliphatic carbocycles. The lowest BCUT2D eigenvalue weighted by Crippen LogP contribution is -2.21. The first-order valence-corrected chi connectivity index (χ1v) is 5.32. The van der Waals surface area contributed by atoms with Crippen molar-refractivity contribution in [2.75, 3.05) is 14.1 Å². The van der Waals surface area contributed by atoms with Crippen LogP contribution in [0.3, 0.4) is 0 Å². The molecule has 0 N–H and O–H groups in total. The second-order valence-electron chi connectivity index (χ2n) is 4.52. The van der Waals surface area contributed by atoms with Gasteiger partial charge in [-0.05, 0) is 32.0 Å². The maximum atomic E-state index is 2.30. The van der Waals surface area contributed by atoms with Crippen molar-refractivity contribution in [1.82, 2.24) is 4.90 Å². The van der Waals surface area contributed by atoms with Crippen LogP contribution in [0.1, 0.15) is 31.9 Å². The molecule has 0 bridgehead atoms. The van der Waals surface area contributed by atoms with E-state index in [2.05, 4.69) is 63.2 Å². The van der Waals surface area contributed by atoms with Gasteiger partial charge in [0.05, 0.1) is 0 Å². The van der Waals surface area contributed by atoms with Gasteiger partial charge in [-0.1, -0.05) is 44.2 Å². The van der Waals surface area contributed by atoms with Crippen molar-refractivity contribution in [3.8, 4) is 0 Å². The summed E-state index contributed by atoms with van der Waals surface area (Å²) in [6.07, 6.45) is 1.22. The van der Waals surface area contributed by atoms with Gasteiger partial charge in [-0.3, -0.25) is 0 Å². The van der Waals surface area contributed by atoms with Gasteiger partial charge in [-0.25, -0.2) is 0 Å². The Morgan fingerprint density at radius 3 is 2.07 bits per heavy atom. The highest BCUT2D eigenvalue weighted by atomic mass is 15.1. The summed E-state index contributed by atoms with van der Waals surface area (Å²) in [5, 5.41) is 0. The number of hydrogen-bond donors (Lipinski definition) is 0. The molecule has 14 heavy (non-hydrogen) atoms. The van der Waals surface area contributed by atoms with E-state index in [9.17, 15) is 0 Å². The van der Waals surface area contributed by atoms with Crippen molar-refractivity contribution >= 4 is 0 Å². The summed E-state index contributed by atoms with van der Waals surface area (Å²) in [6, 6.07) is 11.3. The molecule has 0 aromatic heterocycles. The van der Waals surface area contributed by atoms with Gasteiger partial charge < -0.3 is 4.90 Å². The third kappa shape index (κ3) is 3.15. The molecule has 0 unspecified atom stereocenters. The Bertz CT molecular complexity index is 251. The fraction of sp³-hybridized carbons (Fsp3) is 0.538. The Morgan fingerprint density at radius 1 is 1.07 bits per heavy atom. The number of benzene rings is 1. The van der Waals surface area contributed by atoms with Gasteiger partial charge in [0.1, 0.15) is 0 Å². The van der Waals surface area contributed by atoms with Crippen LogP contribution in [0.25, 0.3) is 0 Å². The minimum atomic E-state index is 0.552. The van der Waals surface area contributed by atoms with E-state index in [-0.39, 0.29) is 0 Å². The van der Waals surface area contributed by atoms with Crippen LogP contribution in [0.4, 0.5) is 0 Å². The Labute approximate surface area is 87.7 Å². The molecule has 1 aromatic carbocycles. The summed E-state index contributed by atoms with van der Waals surface area (Å²) in [5.74, 6) is 0.739. The Balaban J connectivity index is 2.78. The smallest absolute Gasteiger partial charge is 0.0344 e. The van der Waals surface area contributed by atoms with Crippen molar-refractivity contribution in [2.24, 2.45) is 5.92 Å². The van der Waals surface area contributed by atoms with Crippen LogP contribution in [-0.2, 0) is 0 Å². The highest BCUT2D eigenvalue weighted by Crippen LogP contribution is 2.25. The van der Waals surface area contributed by atoms with Crippen molar-refractivity contribution in [3.63, 3.8) is 0 Å². The highest BCUT2D eigenvalue weighted by Gasteiger charge is 2.14. The summed E-state index contributed by atoms with van der Waals surface area (Å²) < 4.78 is 0. The molecule has 0 heterocycles. The zero-order valence-electron chi connectivity index (χ0n) is 9.70. The molecule has 1 heteroatoms. The third-order valence-electron chi connectivity index (χ3n) is 2.50. The molecule has 1 rings (SSSR count). The van der Waals surface area contributed by atoms with Crippen LogP contribution in [0, 0.1) is 5.92 Å². The van der Waals surface area contributed by atoms with Gasteiger partial charge in [0.15, 0.2) is 0 Å². The van der Waals surface area contributed by atoms with Crippen molar-refractivity contribution in [2.45, 2.75) is 26.3 Å². The summed E-state index contributed by atoms with van der Waals surface area (Å²) >= 11 is 0. The predicted octanol–water partition coefficient (Wildman–Crippen LogP) is 3.34. The normalized spacial score (nSPS) is 13.6. The van der Waals surface area contributed by atoms with Crippen LogP contribution < -0.4 is 0 Å². The van der Waals surface area contributed by atoms with Gasteiger partial charge in [0, 0.05) is 6.04 Å². The van der Waals surface area contributed by atoms with Gasteiger partial charge in [-0.2, -0.15) is 0 Å². The molecule has 0 amide bonds. The van der Waals surface area contributed by atoms with Crippen molar-refractivity contribution in [1.29, 1.82) is 0 Å². The van der Waals surface area contributed by atoms with Gasteiger partial charge >= 0.3 is 0 Å². The largest absolute Gasteiger partial charge is 0.302 e. The number of hydrogen-bond acceptors (Lipinski definition) is 1. The first-order valence-electron chi connectivity index (χ1n) is 5.32. The lowest BCUT2D eigenvalue weighted by molar-refractivity contribution is 0.259. The Morgan fingerprint density at radius 2 is 1.64 bits per heavy atom. The van der Waals surface area contributed by atoms with E-state index >= 15 is 0 Å². The molecule has 0 radical (unpaired) electrons. The van der Waals surface area contributed by atoms with Crippen LogP contribution in [-0.4, -0.2) is 19.0 Å². The second kappa shape index (κ2) is 5.16. The molecule has 0 saturated heterocycles. The lowest BCUT2D eigenvalue weighted by atomic mass is 9.96. The van der Waals surface area contributed by atoms with Crippen LogP contribution in [0.5, 0.6) is 0 Å². The molecule has 0 spiro atoms. The first-order chi connectivity index (χ1) is 6.61. The lowest BCUT2D eigenvalue weighted by Gasteiger charge is -2.26. The van der Waals surface area contributed by atoms with E-state index in [4.69, 9.17) is 0 Å². The average Bonchev–Trinajstić information content (AvgIpc) is 2.15. The summed E-state index contributed by atoms with van der Waals surface area (Å²) in [6.45, 7) is 4.55. The average molecular weight is 191 g/mol. The first kappa shape index (κ1) is 11.3. The van der Waals surface area contributed by atoms with Crippen LogP contribution in [0.15, 0.2) is 30.3 Å². The summed E-state index contributed by atoms with van der Waals surface area (Å²) in [5.41, 5.74) is 1.42. The van der Waals surface area contributed by atoms with Gasteiger partial charge in [0.2, 0.25) is 0 Å². The third-order valence-corrected chi connectivity index (χ3v) is 2.50. The molecule has 78 valence electrons. The molecule has 0 aliphatic heterocycles. The number of nitrogens with zero attached hydrogens (tertiary/aromatic N) is 1. The Hall–Kier alpha value is -0.820. The van der Waals surface area contributed by atoms with Crippen molar-refractivity contribution < 1.29 is 0 Å². The molecule has 0 saturated carbocycles. The topological polar surface area (TPSA) is 3.24 Å². The fourth-order valence-electron chi connectivity index (χ4n) is 1.77. The van der Waals surface area contributed by atoms with E-state index in [1.807, 2.05) is 0 Å². The summed E-state index contributed by atoms with van der Waals surface area (Å²) in [4.78, 5) is 2.30.